The molecule has 2 amide bonds. The summed E-state index contributed by atoms with van der Waals surface area (Å²) in [5, 5.41) is 5.44. The number of amides is 2. The van der Waals surface area contributed by atoms with E-state index >= 15 is 0 Å². The molecule has 3 aromatic rings. The molecule has 8 nitrogen and oxygen atoms in total. The van der Waals surface area contributed by atoms with E-state index < -0.39 is 0 Å². The van der Waals surface area contributed by atoms with Crippen LogP contribution in [0.15, 0.2) is 45.7 Å². The van der Waals surface area contributed by atoms with E-state index in [2.05, 4.69) is 31.5 Å². The number of carbonyl (C=O) groups is 2. The molecule has 0 aliphatic rings. The van der Waals surface area contributed by atoms with Gasteiger partial charge in [0, 0.05) is 36.1 Å². The van der Waals surface area contributed by atoms with Gasteiger partial charge in [-0.25, -0.2) is 9.78 Å². The van der Waals surface area contributed by atoms with Gasteiger partial charge in [0.15, 0.2) is 5.65 Å². The lowest BCUT2D eigenvalue weighted by Crippen LogP contribution is -2.23. The first-order valence-corrected chi connectivity index (χ1v) is 10.2. The van der Waals surface area contributed by atoms with E-state index in [1.165, 1.54) is 0 Å². The minimum Gasteiger partial charge on any atom is -0.326 e. The topological polar surface area (TPSA) is 98.0 Å². The number of hydrogen-bond donors (Lipinski definition) is 2. The molecule has 29 heavy (non-hydrogen) atoms. The Kier molecular flexibility index (Phi) is 6.48. The zero-order valence-corrected chi connectivity index (χ0v) is 17.8. The average Bonchev–Trinajstić information content (AvgIpc) is 2.98. The van der Waals surface area contributed by atoms with Gasteiger partial charge in [-0.3, -0.25) is 18.7 Å². The van der Waals surface area contributed by atoms with Gasteiger partial charge in [0.05, 0.1) is 5.52 Å². The van der Waals surface area contributed by atoms with Crippen LogP contribution in [0.25, 0.3) is 11.2 Å². The van der Waals surface area contributed by atoms with Gasteiger partial charge in [0.2, 0.25) is 11.8 Å². The summed E-state index contributed by atoms with van der Waals surface area (Å²) in [7, 11) is 0. The SMILES string of the molecule is CCn1c(=O)n(CC)c2nc(NC(=O)CCC(=O)Nc3ccc(Br)cc3)ccc21. The van der Waals surface area contributed by atoms with Crippen molar-refractivity contribution in [2.75, 3.05) is 10.6 Å². The van der Waals surface area contributed by atoms with Crippen LogP contribution < -0.4 is 16.3 Å². The van der Waals surface area contributed by atoms with Crippen molar-refractivity contribution in [2.45, 2.75) is 39.8 Å². The van der Waals surface area contributed by atoms with Gasteiger partial charge in [0.1, 0.15) is 5.82 Å². The fourth-order valence-corrected chi connectivity index (χ4v) is 3.30. The van der Waals surface area contributed by atoms with Gasteiger partial charge in [-0.15, -0.1) is 0 Å². The molecule has 2 aromatic heterocycles. The van der Waals surface area contributed by atoms with Gasteiger partial charge in [-0.2, -0.15) is 0 Å². The fraction of sp³-hybridized carbons (Fsp3) is 0.300. The lowest BCUT2D eigenvalue weighted by molar-refractivity contribution is -0.121. The van der Waals surface area contributed by atoms with Crippen molar-refractivity contribution in [3.05, 3.63) is 51.4 Å². The summed E-state index contributed by atoms with van der Waals surface area (Å²) in [6.45, 7) is 4.81. The molecule has 0 spiro atoms. The number of nitrogens with zero attached hydrogens (tertiary/aromatic N) is 3. The number of rotatable bonds is 7. The molecule has 1 aromatic carbocycles. The second-order valence-electron chi connectivity index (χ2n) is 6.41. The Morgan fingerprint density at radius 1 is 0.931 bits per heavy atom. The third-order valence-electron chi connectivity index (χ3n) is 4.47. The molecule has 0 saturated carbocycles. The molecular weight excluding hydrogens is 438 g/mol. The Balaban J connectivity index is 1.63. The number of nitrogens with one attached hydrogen (secondary N) is 2. The minimum absolute atomic E-state index is 0.0264. The molecule has 0 radical (unpaired) electrons. The van der Waals surface area contributed by atoms with Crippen LogP contribution in [0.4, 0.5) is 11.5 Å². The highest BCUT2D eigenvalue weighted by Crippen LogP contribution is 2.16. The van der Waals surface area contributed by atoms with E-state index in [-0.39, 0.29) is 30.3 Å². The summed E-state index contributed by atoms with van der Waals surface area (Å²) in [6.07, 6.45) is 0.0780. The van der Waals surface area contributed by atoms with E-state index in [0.29, 0.717) is 30.2 Å². The first kappa shape index (κ1) is 20.8. The fourth-order valence-electron chi connectivity index (χ4n) is 3.04. The summed E-state index contributed by atoms with van der Waals surface area (Å²) in [4.78, 5) is 41.1. The van der Waals surface area contributed by atoms with E-state index in [1.54, 1.807) is 33.4 Å². The molecule has 9 heteroatoms. The lowest BCUT2D eigenvalue weighted by Gasteiger charge is -2.07. The molecule has 0 bridgehead atoms. The number of pyridine rings is 1. The molecule has 2 N–H and O–H groups in total. The Bertz CT molecular complexity index is 1100. The quantitative estimate of drug-likeness (QED) is 0.565. The molecule has 0 aliphatic heterocycles. The Morgan fingerprint density at radius 3 is 2.17 bits per heavy atom. The second kappa shape index (κ2) is 9.04. The number of benzene rings is 1. The third-order valence-corrected chi connectivity index (χ3v) is 5.00. The maximum absolute atomic E-state index is 12.4. The summed E-state index contributed by atoms with van der Waals surface area (Å²) in [5.41, 5.74) is 1.81. The van der Waals surface area contributed by atoms with Crippen LogP contribution in [0.3, 0.4) is 0 Å². The highest BCUT2D eigenvalue weighted by Gasteiger charge is 2.14. The van der Waals surface area contributed by atoms with Crippen LogP contribution in [0, 0.1) is 0 Å². The molecule has 0 atom stereocenters. The number of halogens is 1. The van der Waals surface area contributed by atoms with Crippen molar-refractivity contribution in [1.29, 1.82) is 0 Å². The van der Waals surface area contributed by atoms with Crippen LogP contribution in [0.1, 0.15) is 26.7 Å². The van der Waals surface area contributed by atoms with Gasteiger partial charge in [-0.05, 0) is 50.2 Å². The lowest BCUT2D eigenvalue weighted by atomic mass is 10.2. The second-order valence-corrected chi connectivity index (χ2v) is 7.33. The molecule has 2 heterocycles. The first-order valence-electron chi connectivity index (χ1n) is 9.38. The summed E-state index contributed by atoms with van der Waals surface area (Å²) in [6, 6.07) is 10.6. The van der Waals surface area contributed by atoms with Gasteiger partial charge in [0.25, 0.3) is 0 Å². The van der Waals surface area contributed by atoms with E-state index in [0.717, 1.165) is 9.99 Å². The number of anilines is 2. The van der Waals surface area contributed by atoms with E-state index in [9.17, 15) is 14.4 Å². The van der Waals surface area contributed by atoms with Gasteiger partial charge in [-0.1, -0.05) is 15.9 Å². The van der Waals surface area contributed by atoms with Gasteiger partial charge >= 0.3 is 5.69 Å². The molecular formula is C20H22BrN5O3. The van der Waals surface area contributed by atoms with Crippen molar-refractivity contribution in [3.8, 4) is 0 Å². The Labute approximate surface area is 176 Å². The third kappa shape index (κ3) is 4.73. The predicted molar refractivity (Wildman–Crippen MR) is 116 cm³/mol. The molecule has 0 unspecified atom stereocenters. The Morgan fingerprint density at radius 2 is 1.55 bits per heavy atom. The standard InChI is InChI=1S/C20H22BrN5O3/c1-3-25-15-9-10-16(24-19(15)26(4-2)20(25)29)23-18(28)12-11-17(27)22-14-7-5-13(21)6-8-14/h5-10H,3-4,11-12H2,1-2H3,(H,22,27)(H,23,24,28). The normalized spacial score (nSPS) is 10.9. The average molecular weight is 460 g/mol. The van der Waals surface area contributed by atoms with Crippen LogP contribution in [0.5, 0.6) is 0 Å². The van der Waals surface area contributed by atoms with Crippen molar-refractivity contribution >= 4 is 50.4 Å². The number of hydrogen-bond acceptors (Lipinski definition) is 4. The van der Waals surface area contributed by atoms with Crippen LogP contribution in [-0.4, -0.2) is 25.9 Å². The smallest absolute Gasteiger partial charge is 0.326 e. The largest absolute Gasteiger partial charge is 0.330 e. The number of fused-ring (bicyclic) bond motifs is 1. The summed E-state index contributed by atoms with van der Waals surface area (Å²) < 4.78 is 4.13. The molecule has 152 valence electrons. The van der Waals surface area contributed by atoms with Crippen molar-refractivity contribution in [1.82, 2.24) is 14.1 Å². The van der Waals surface area contributed by atoms with E-state index in [4.69, 9.17) is 0 Å². The summed E-state index contributed by atoms with van der Waals surface area (Å²) in [5.74, 6) is -0.208. The Hall–Kier alpha value is -2.94. The van der Waals surface area contributed by atoms with Crippen LogP contribution >= 0.6 is 15.9 Å². The minimum atomic E-state index is -0.317. The monoisotopic (exact) mass is 459 g/mol. The molecule has 0 fully saturated rings. The maximum atomic E-state index is 12.4. The number of imidazole rings is 1. The number of aryl methyl sites for hydroxylation is 2. The maximum Gasteiger partial charge on any atom is 0.330 e. The van der Waals surface area contributed by atoms with Gasteiger partial charge < -0.3 is 10.6 Å². The zero-order valence-electron chi connectivity index (χ0n) is 16.2. The van der Waals surface area contributed by atoms with Crippen molar-refractivity contribution in [3.63, 3.8) is 0 Å². The molecule has 0 aliphatic carbocycles. The highest BCUT2D eigenvalue weighted by atomic mass is 79.9. The summed E-state index contributed by atoms with van der Waals surface area (Å²) >= 11 is 3.33. The number of carbonyl (C=O) groups excluding carboxylic acids is 2. The van der Waals surface area contributed by atoms with Crippen molar-refractivity contribution in [2.24, 2.45) is 0 Å². The zero-order chi connectivity index (χ0) is 21.0. The number of aromatic nitrogens is 3. The molecule has 3 rings (SSSR count). The first-order chi connectivity index (χ1) is 13.9. The van der Waals surface area contributed by atoms with E-state index in [1.807, 2.05) is 26.0 Å². The highest BCUT2D eigenvalue weighted by molar-refractivity contribution is 9.10. The van der Waals surface area contributed by atoms with Crippen LogP contribution in [-0.2, 0) is 22.7 Å². The predicted octanol–water partition coefficient (Wildman–Crippen LogP) is 3.36. The molecule has 0 saturated heterocycles. The van der Waals surface area contributed by atoms with Crippen molar-refractivity contribution < 1.29 is 9.59 Å². The van der Waals surface area contributed by atoms with Crippen LogP contribution in [0.2, 0.25) is 0 Å².